The predicted molar refractivity (Wildman–Crippen MR) is 301 cm³/mol. The van der Waals surface area contributed by atoms with Gasteiger partial charge in [-0.05, 0) is 119 Å². The minimum atomic E-state index is -4.50. The molecule has 77 heavy (non-hydrogen) atoms. The van der Waals surface area contributed by atoms with E-state index in [0.717, 1.165) is 117 Å². The summed E-state index contributed by atoms with van der Waals surface area (Å²) in [7, 11) is -12.7. The summed E-state index contributed by atoms with van der Waals surface area (Å²) in [5.74, 6) is -1.24. The van der Waals surface area contributed by atoms with Crippen LogP contribution >= 0.6 is 0 Å². The third kappa shape index (κ3) is 17.1. The molecule has 1 aliphatic carbocycles. The zero-order valence-electron chi connectivity index (χ0n) is 45.3. The second-order valence-electron chi connectivity index (χ2n) is 21.7. The van der Waals surface area contributed by atoms with Crippen LogP contribution in [0.25, 0.3) is 0 Å². The second-order valence-corrected chi connectivity index (χ2v) is 26.2. The second kappa shape index (κ2) is 27.1. The van der Waals surface area contributed by atoms with Crippen molar-refractivity contribution in [1.82, 2.24) is 15.5 Å². The fraction of sp³-hybridized carbons (Fsp3) is 0.544. The first-order valence-electron chi connectivity index (χ1n) is 27.3. The van der Waals surface area contributed by atoms with Gasteiger partial charge in [0, 0.05) is 91.4 Å². The Hall–Kier alpha value is -5.25. The van der Waals surface area contributed by atoms with E-state index in [1.165, 1.54) is 34.7 Å². The van der Waals surface area contributed by atoms with Crippen molar-refractivity contribution in [2.24, 2.45) is 0 Å². The van der Waals surface area contributed by atoms with E-state index in [2.05, 4.69) is 70.4 Å². The van der Waals surface area contributed by atoms with Gasteiger partial charge in [-0.1, -0.05) is 82.7 Å². The molecule has 0 saturated carbocycles. The molecule has 0 atom stereocenters. The molecule has 0 spiro atoms. The van der Waals surface area contributed by atoms with Crippen molar-refractivity contribution in [2.45, 2.75) is 159 Å². The summed E-state index contributed by atoms with van der Waals surface area (Å²) in [6.45, 7) is 11.0. The number of carbonyl (C=O) groups excluding carboxylic acids is 3. The third-order valence-electron chi connectivity index (χ3n) is 15.1. The molecule has 0 aromatic heterocycles. The first kappa shape index (κ1) is 61.0. The van der Waals surface area contributed by atoms with E-state index in [1.54, 1.807) is 6.07 Å². The highest BCUT2D eigenvalue weighted by Crippen LogP contribution is 2.49. The molecule has 2 aromatic rings. The van der Waals surface area contributed by atoms with Gasteiger partial charge in [-0.3, -0.25) is 32.9 Å². The van der Waals surface area contributed by atoms with Gasteiger partial charge in [-0.15, -0.1) is 0 Å². The lowest BCUT2D eigenvalue weighted by molar-refractivity contribution is -0.438. The number of hydrogen-bond acceptors (Lipinski definition) is 11. The van der Waals surface area contributed by atoms with Gasteiger partial charge in [0.15, 0.2) is 5.71 Å². The standard InChI is InChI=1S/C57H79N5O12S3/c1-56(2)46-24-12-13-25-48(46)60(37-17-19-40-75(66,67)68)50(56)31-27-43-22-21-23-44(28-32-51-57(3,4)47-42-45(77(72,73)74)29-30-49(47)61(51)38-18-20-41-76(69,70)71)55(43)59-36-14-10-8-6-5-7-9-11-26-52(63)58-35-15-16-39-62-53(64)33-34-54(62)65/h12-13,24-25,27-34,42H,5-11,14-23,26,35-41H2,1-4H3,(H4,58,63,66,67,68,69,70,71,72,73,74)/p+1. The molecule has 0 fully saturated rings. The highest BCUT2D eigenvalue weighted by Gasteiger charge is 2.44. The molecule has 2 aromatic carbocycles. The van der Waals surface area contributed by atoms with Crippen LogP contribution in [0.4, 0.5) is 11.4 Å². The summed E-state index contributed by atoms with van der Waals surface area (Å²) in [5, 5.41) is 6.79. The predicted octanol–water partition coefficient (Wildman–Crippen LogP) is 9.17. The van der Waals surface area contributed by atoms with Crippen molar-refractivity contribution in [3.05, 3.63) is 113 Å². The van der Waals surface area contributed by atoms with Crippen LogP contribution in [0.15, 0.2) is 106 Å². The van der Waals surface area contributed by atoms with E-state index in [-0.39, 0.29) is 46.0 Å². The van der Waals surface area contributed by atoms with Crippen molar-refractivity contribution in [3.8, 4) is 0 Å². The van der Waals surface area contributed by atoms with Crippen LogP contribution in [0, 0.1) is 0 Å². The normalized spacial score (nSPS) is 18.4. The molecule has 0 saturated heterocycles. The van der Waals surface area contributed by atoms with Crippen LogP contribution in [0.3, 0.4) is 0 Å². The molecule has 3 heterocycles. The van der Waals surface area contributed by atoms with E-state index in [0.29, 0.717) is 70.3 Å². The number of anilines is 1. The molecule has 0 unspecified atom stereocenters. The topological polar surface area (TPSA) is 248 Å². The van der Waals surface area contributed by atoms with Gasteiger partial charge in [0.25, 0.3) is 42.2 Å². The Kier molecular flexibility index (Phi) is 21.4. The van der Waals surface area contributed by atoms with Gasteiger partial charge in [0.2, 0.25) is 11.6 Å². The van der Waals surface area contributed by atoms with Gasteiger partial charge < -0.3 is 15.5 Å². The summed E-state index contributed by atoms with van der Waals surface area (Å²) in [5.41, 5.74) is 7.83. The number of hydrogen-bond donors (Lipinski definition) is 5. The monoisotopic (exact) mass is 1120 g/mol. The average molecular weight is 1120 g/mol. The maximum Gasteiger partial charge on any atom is 0.294 e. The molecule has 5 N–H and O–H groups in total. The van der Waals surface area contributed by atoms with E-state index in [9.17, 15) is 53.3 Å². The number of unbranched alkanes of at least 4 members (excludes halogenated alkanes) is 10. The summed E-state index contributed by atoms with van der Waals surface area (Å²) in [6.07, 6.45) is 25.1. The third-order valence-corrected chi connectivity index (χ3v) is 17.6. The first-order chi connectivity index (χ1) is 36.4. The molecule has 20 heteroatoms. The lowest BCUT2D eigenvalue weighted by atomic mass is 9.81. The number of benzene rings is 2. The molecule has 3 aliphatic heterocycles. The van der Waals surface area contributed by atoms with Gasteiger partial charge >= 0.3 is 0 Å². The average Bonchev–Trinajstić information content (AvgIpc) is 3.88. The van der Waals surface area contributed by atoms with Crippen LogP contribution in [-0.2, 0) is 55.6 Å². The van der Waals surface area contributed by atoms with E-state index < -0.39 is 35.8 Å². The van der Waals surface area contributed by atoms with Gasteiger partial charge in [-0.25, -0.2) is 0 Å². The number of allylic oxidation sites excluding steroid dienone is 7. The molecular formula is C57H80N5O12S3+. The number of amides is 3. The van der Waals surface area contributed by atoms with Crippen LogP contribution in [0.2, 0.25) is 0 Å². The Morgan fingerprint density at radius 1 is 0.662 bits per heavy atom. The van der Waals surface area contributed by atoms with Crippen LogP contribution in [0.1, 0.15) is 154 Å². The van der Waals surface area contributed by atoms with Gasteiger partial charge in [0.05, 0.1) is 21.8 Å². The molecule has 422 valence electrons. The zero-order valence-corrected chi connectivity index (χ0v) is 47.7. The van der Waals surface area contributed by atoms with Crippen molar-refractivity contribution >= 4 is 65.2 Å². The van der Waals surface area contributed by atoms with E-state index in [4.69, 9.17) is 0 Å². The molecule has 6 rings (SSSR count). The number of fused-ring (bicyclic) bond motifs is 2. The maximum absolute atomic E-state index is 12.4. The van der Waals surface area contributed by atoms with E-state index in [1.807, 2.05) is 26.0 Å². The van der Waals surface area contributed by atoms with Crippen LogP contribution in [0.5, 0.6) is 0 Å². The lowest BCUT2D eigenvalue weighted by Gasteiger charge is -2.28. The number of imide groups is 1. The Bertz CT molecular complexity index is 3010. The molecule has 3 amide bonds. The molecule has 0 bridgehead atoms. The van der Waals surface area contributed by atoms with Gasteiger partial charge in [0.1, 0.15) is 6.54 Å². The summed E-state index contributed by atoms with van der Waals surface area (Å²) in [4.78, 5) is 38.8. The highest BCUT2D eigenvalue weighted by molar-refractivity contribution is 7.86. The minimum Gasteiger partial charge on any atom is -0.385 e. The van der Waals surface area contributed by atoms with Crippen molar-refractivity contribution in [2.75, 3.05) is 49.1 Å². The smallest absolute Gasteiger partial charge is 0.294 e. The maximum atomic E-state index is 12.4. The van der Waals surface area contributed by atoms with Crippen LogP contribution < -0.4 is 15.5 Å². The number of para-hydroxylation sites is 1. The SMILES string of the molecule is CC1(C)C(=CC=C2CCCC(C=CC3=[N+](CCCCS(=O)(=O)O)c4ccccc4C3(C)C)=C2NCCCCCCCCCCC(=O)NCCCCN2C(=O)C=CC2=O)N(CCCCS(=O)(=O)O)c2ccc(S(=O)(=O)O)cc21. The van der Waals surface area contributed by atoms with Crippen molar-refractivity contribution in [1.29, 1.82) is 0 Å². The summed E-state index contributed by atoms with van der Waals surface area (Å²) in [6, 6.07) is 12.8. The number of carbonyl (C=O) groups is 3. The Balaban J connectivity index is 1.15. The molecule has 4 aliphatic rings. The number of nitrogens with one attached hydrogen (secondary N) is 2. The largest absolute Gasteiger partial charge is 0.385 e. The van der Waals surface area contributed by atoms with E-state index >= 15 is 0 Å². The quantitative estimate of drug-likeness (QED) is 0.0205. The number of rotatable bonds is 31. The highest BCUT2D eigenvalue weighted by atomic mass is 32.2. The minimum absolute atomic E-state index is 0.0207. The zero-order chi connectivity index (χ0) is 56.0. The van der Waals surface area contributed by atoms with Crippen molar-refractivity contribution < 1.29 is 57.9 Å². The first-order valence-corrected chi connectivity index (χ1v) is 32.0. The fourth-order valence-corrected chi connectivity index (χ4v) is 12.6. The Morgan fingerprint density at radius 2 is 1.27 bits per heavy atom. The fourth-order valence-electron chi connectivity index (χ4n) is 10.9. The van der Waals surface area contributed by atoms with Crippen molar-refractivity contribution in [3.63, 3.8) is 0 Å². The Morgan fingerprint density at radius 3 is 1.95 bits per heavy atom. The number of nitrogens with zero attached hydrogens (tertiary/aromatic N) is 3. The lowest BCUT2D eigenvalue weighted by Crippen LogP contribution is -2.31. The van der Waals surface area contributed by atoms with Crippen LogP contribution in [-0.4, -0.2) is 116 Å². The summed E-state index contributed by atoms with van der Waals surface area (Å²) < 4.78 is 102. The van der Waals surface area contributed by atoms with Gasteiger partial charge in [-0.2, -0.15) is 29.8 Å². The molecule has 17 nitrogen and oxygen atoms in total. The Labute approximate surface area is 457 Å². The summed E-state index contributed by atoms with van der Waals surface area (Å²) >= 11 is 0. The molecule has 0 radical (unpaired) electrons. The molecular weight excluding hydrogens is 1040 g/mol.